The Labute approximate surface area is 529 Å². The van der Waals surface area contributed by atoms with Crippen LogP contribution in [0.25, 0.3) is 0 Å². The zero-order chi connectivity index (χ0) is 64.0. The molecule has 0 bridgehead atoms. The number of nitrogens with one attached hydrogen (secondary N) is 1. The summed E-state index contributed by atoms with van der Waals surface area (Å²) in [5.74, 6) is -1.06. The smallest absolute Gasteiger partial charge is 0.416 e. The molecule has 5 aliphatic heterocycles. The van der Waals surface area contributed by atoms with Crippen LogP contribution in [0.15, 0.2) is 145 Å². The first-order valence-corrected chi connectivity index (χ1v) is 31.0. The third-order valence-electron chi connectivity index (χ3n) is 17.8. The number of aliphatic hydroxyl groups is 1. The standard InChI is InChI=1S/C72H75N7O12/c1-43(2)57(33-56(80)21-8-7-13-28-76-45(4)22-27-67(76)82)68(83)74-46(5)63(81)30-47-23-25-48(26-24-47)40-91-72(87)79-61-36-66(65(88-6)34-59(61)70(85)78-39-52-18-12-10-16-50(52)32-62(78)71(79)86)90-42-54-20-14-19-53(75-54)41-89-64-35-60-58(29-44(64)3)69(84)77-38-51-17-11-9-15-49(51)31-55(77)37-73-60/h9-12,14-20,22-27,29,34-37,43,46,55,57,62,71,86H,4,7-8,13,21,28,30-33,38-42H2,1-3,5-6H3,(H,74,83)/t46-,55-,57-,62-,71?/m0/s1. The second kappa shape index (κ2) is 27.6. The number of nitrogens with zero attached hydrogens (tertiary/aromatic N) is 6. The van der Waals surface area contributed by atoms with Crippen molar-refractivity contribution < 1.29 is 57.6 Å². The summed E-state index contributed by atoms with van der Waals surface area (Å²) < 4.78 is 24.5. The van der Waals surface area contributed by atoms with Crippen molar-refractivity contribution in [2.24, 2.45) is 16.8 Å². The fourth-order valence-corrected chi connectivity index (χ4v) is 12.4. The van der Waals surface area contributed by atoms with Gasteiger partial charge in [0.05, 0.1) is 59.1 Å². The van der Waals surface area contributed by atoms with Crippen LogP contribution in [0.5, 0.6) is 17.2 Å². The first-order valence-electron chi connectivity index (χ1n) is 31.0. The van der Waals surface area contributed by atoms with Crippen molar-refractivity contribution in [2.45, 2.75) is 136 Å². The minimum absolute atomic E-state index is 0.00172. The van der Waals surface area contributed by atoms with Crippen molar-refractivity contribution in [3.05, 3.63) is 201 Å². The molecule has 6 heterocycles. The number of aliphatic imine (C=N–C) groups is 1. The van der Waals surface area contributed by atoms with Crippen molar-refractivity contribution in [1.82, 2.24) is 25.0 Å². The van der Waals surface area contributed by atoms with Crippen LogP contribution in [0.2, 0.25) is 0 Å². The van der Waals surface area contributed by atoms with Crippen LogP contribution in [-0.4, -0.2) is 110 Å². The van der Waals surface area contributed by atoms with E-state index in [2.05, 4.69) is 24.0 Å². The van der Waals surface area contributed by atoms with Gasteiger partial charge in [-0.1, -0.05) is 106 Å². The monoisotopic (exact) mass is 1230 g/mol. The number of carbonyl (C=O) groups is 7. The van der Waals surface area contributed by atoms with Gasteiger partial charge in [-0.3, -0.25) is 38.7 Å². The number of fused-ring (bicyclic) bond motifs is 6. The molecule has 19 nitrogen and oxygen atoms in total. The molecule has 0 saturated heterocycles. The number of hydrogen-bond acceptors (Lipinski definition) is 14. The molecule has 5 atom stereocenters. The fourth-order valence-electron chi connectivity index (χ4n) is 12.4. The average molecular weight is 1230 g/mol. The molecule has 5 aromatic carbocycles. The number of hydrogen-bond donors (Lipinski definition) is 2. The molecule has 0 aliphatic carbocycles. The summed E-state index contributed by atoms with van der Waals surface area (Å²) in [6, 6.07) is 33.0. The van der Waals surface area contributed by atoms with Gasteiger partial charge in [0.15, 0.2) is 23.5 Å². The molecule has 0 radical (unpaired) electrons. The molecule has 5 amide bonds. The van der Waals surface area contributed by atoms with Gasteiger partial charge in [0, 0.05) is 74.9 Å². The van der Waals surface area contributed by atoms with Crippen molar-refractivity contribution >= 4 is 58.9 Å². The number of ketones is 2. The minimum atomic E-state index is -1.57. The van der Waals surface area contributed by atoms with Crippen LogP contribution in [0.3, 0.4) is 0 Å². The largest absolute Gasteiger partial charge is 0.493 e. The summed E-state index contributed by atoms with van der Waals surface area (Å²) >= 11 is 0. The van der Waals surface area contributed by atoms with Gasteiger partial charge < -0.3 is 44.1 Å². The maximum Gasteiger partial charge on any atom is 0.416 e. The van der Waals surface area contributed by atoms with Crippen LogP contribution in [0, 0.1) is 18.8 Å². The summed E-state index contributed by atoms with van der Waals surface area (Å²) in [5, 5.41) is 15.2. The highest BCUT2D eigenvalue weighted by Crippen LogP contribution is 2.43. The van der Waals surface area contributed by atoms with Crippen molar-refractivity contribution in [3.8, 4) is 17.2 Å². The second-order valence-electron chi connectivity index (χ2n) is 24.3. The molecule has 0 spiro atoms. The van der Waals surface area contributed by atoms with Crippen molar-refractivity contribution in [3.63, 3.8) is 0 Å². The summed E-state index contributed by atoms with van der Waals surface area (Å²) in [6.07, 6.45) is 5.97. The number of aromatic nitrogens is 1. The van der Waals surface area contributed by atoms with E-state index in [1.807, 2.05) is 86.5 Å². The quantitative estimate of drug-likeness (QED) is 0.0570. The lowest BCUT2D eigenvalue weighted by Gasteiger charge is -2.39. The number of unbranched alkanes of at least 4 members (excludes halogenated alkanes) is 2. The Hall–Kier alpha value is -9.75. The molecule has 19 heteroatoms. The van der Waals surface area contributed by atoms with Crippen LogP contribution in [0.4, 0.5) is 16.2 Å². The molecule has 1 aromatic heterocycles. The fraction of sp³-hybridized carbons (Fsp3) is 0.347. The lowest BCUT2D eigenvalue weighted by molar-refractivity contribution is -0.133. The molecule has 470 valence electrons. The van der Waals surface area contributed by atoms with Crippen molar-refractivity contribution in [2.75, 3.05) is 18.6 Å². The number of rotatable bonds is 23. The number of allylic oxidation sites excluding steroid dienone is 1. The molecule has 5 aliphatic rings. The number of carbonyl (C=O) groups excluding carboxylic acids is 7. The van der Waals surface area contributed by atoms with E-state index >= 15 is 0 Å². The lowest BCUT2D eigenvalue weighted by atomic mass is 9.88. The molecule has 6 aromatic rings. The lowest BCUT2D eigenvalue weighted by Crippen LogP contribution is -2.55. The zero-order valence-electron chi connectivity index (χ0n) is 51.9. The summed E-state index contributed by atoms with van der Waals surface area (Å²) in [6.45, 7) is 12.2. The summed E-state index contributed by atoms with van der Waals surface area (Å²) in [5.41, 5.74) is 9.16. The van der Waals surface area contributed by atoms with Crippen molar-refractivity contribution in [1.29, 1.82) is 0 Å². The van der Waals surface area contributed by atoms with E-state index in [0.29, 0.717) is 77.6 Å². The number of Topliss-reactive ketones (excluding diaryl/α,β-unsaturated/α-hetero) is 2. The molecule has 1 unspecified atom stereocenters. The summed E-state index contributed by atoms with van der Waals surface area (Å²) in [7, 11) is 1.45. The number of benzene rings is 5. The molecule has 0 fully saturated rings. The topological polar surface area (TPSA) is 227 Å². The van der Waals surface area contributed by atoms with Crippen LogP contribution < -0.4 is 24.4 Å². The zero-order valence-corrected chi connectivity index (χ0v) is 51.9. The molecule has 0 saturated carbocycles. The van der Waals surface area contributed by atoms with Gasteiger partial charge in [-0.25, -0.2) is 9.69 Å². The van der Waals surface area contributed by atoms with E-state index in [0.717, 1.165) is 40.0 Å². The molecule has 2 N–H and O–H groups in total. The first kappa shape index (κ1) is 62.8. The Morgan fingerprint density at radius 2 is 1.37 bits per heavy atom. The van der Waals surface area contributed by atoms with E-state index in [1.54, 1.807) is 59.2 Å². The van der Waals surface area contributed by atoms with Crippen LogP contribution >= 0.6 is 0 Å². The molecule has 91 heavy (non-hydrogen) atoms. The van der Waals surface area contributed by atoms with Gasteiger partial charge in [0.25, 0.3) is 17.7 Å². The summed E-state index contributed by atoms with van der Waals surface area (Å²) in [4.78, 5) is 111. The maximum absolute atomic E-state index is 14.8. The van der Waals surface area contributed by atoms with E-state index in [9.17, 15) is 38.7 Å². The molecule has 11 rings (SSSR count). The third kappa shape index (κ3) is 14.0. The predicted molar refractivity (Wildman–Crippen MR) is 341 cm³/mol. The normalized spacial score (nSPS) is 17.8. The Morgan fingerprint density at radius 1 is 0.714 bits per heavy atom. The van der Waals surface area contributed by atoms with E-state index in [1.165, 1.54) is 30.9 Å². The van der Waals surface area contributed by atoms with E-state index in [4.69, 9.17) is 28.9 Å². The SMILES string of the molecule is C=C1C=CC(=O)N1CCCCCC(=O)C[C@H](C(=O)N[C@@H](C)C(=O)Cc1ccc(COC(=O)N2c3cc(OCc4cccc(COc5cc6c(cc5C)C(=O)N5Cc7ccccc7C[C@H]5C=N6)n4)c(OC)cc3C(=O)N3Cc4ccccc4C[C@H]3C2O)cc1)C(C)C. The number of methoxy groups -OCH3 is 1. The van der Waals surface area contributed by atoms with Gasteiger partial charge in [-0.2, -0.15) is 0 Å². The van der Waals surface area contributed by atoms with Crippen LogP contribution in [-0.2, 0) is 76.1 Å². The average Bonchev–Trinajstić information content (AvgIpc) is 1.66. The number of pyridine rings is 1. The van der Waals surface area contributed by atoms with Crippen LogP contribution in [0.1, 0.15) is 124 Å². The number of ether oxygens (including phenoxy) is 4. The Morgan fingerprint density at radius 3 is 2.05 bits per heavy atom. The maximum atomic E-state index is 14.8. The number of amides is 5. The van der Waals surface area contributed by atoms with Gasteiger partial charge in [-0.05, 0) is 115 Å². The number of anilines is 1. The van der Waals surface area contributed by atoms with Gasteiger partial charge in [0.2, 0.25) is 5.91 Å². The van der Waals surface area contributed by atoms with Gasteiger partial charge >= 0.3 is 6.09 Å². The second-order valence-corrected chi connectivity index (χ2v) is 24.3. The minimum Gasteiger partial charge on any atom is -0.493 e. The highest BCUT2D eigenvalue weighted by atomic mass is 16.6. The van der Waals surface area contributed by atoms with Gasteiger partial charge in [-0.15, -0.1) is 0 Å². The van der Waals surface area contributed by atoms with Gasteiger partial charge in [0.1, 0.15) is 31.4 Å². The molecular weight excluding hydrogens is 1150 g/mol. The Balaban J connectivity index is 0.728. The highest BCUT2D eigenvalue weighted by molar-refractivity contribution is 6.06. The first-order chi connectivity index (χ1) is 43.9. The van der Waals surface area contributed by atoms with E-state index < -0.39 is 36.2 Å². The number of aliphatic hydroxyl groups excluding tert-OH is 1. The Kier molecular flexibility index (Phi) is 19.0. The highest BCUT2D eigenvalue weighted by Gasteiger charge is 2.46. The van der Waals surface area contributed by atoms with E-state index in [-0.39, 0.29) is 110 Å². The third-order valence-corrected chi connectivity index (χ3v) is 17.8. The predicted octanol–water partition coefficient (Wildman–Crippen LogP) is 10.2. The Bertz CT molecular complexity index is 3880. The number of aryl methyl sites for hydroxylation is 1. The molecular formula is C72H75N7O12.